The first kappa shape index (κ1) is 28.5. The fraction of sp³-hybridized carbons (Fsp3) is 0.692. The van der Waals surface area contributed by atoms with Crippen molar-refractivity contribution in [3.8, 4) is 0 Å². The molecule has 0 spiro atoms. The summed E-state index contributed by atoms with van der Waals surface area (Å²) in [6, 6.07) is 4.98. The van der Waals surface area contributed by atoms with Gasteiger partial charge in [-0.15, -0.1) is 0 Å². The second-order valence-electron chi connectivity index (χ2n) is 10.7. The van der Waals surface area contributed by atoms with Crippen LogP contribution in [0.3, 0.4) is 0 Å². The van der Waals surface area contributed by atoms with Crippen LogP contribution in [0.2, 0.25) is 0 Å². The van der Waals surface area contributed by atoms with E-state index in [9.17, 15) is 22.0 Å². The number of aromatic nitrogens is 2. The first-order valence-electron chi connectivity index (χ1n) is 12.9. The SMILES string of the molecule is CCNC(=O)[C@H]1CCN(S(=O)(=O)c2ccc3c(c2)nc(C(C)(C)C)n3CC(CCCF)CCCF)C1. The zero-order valence-electron chi connectivity index (χ0n) is 21.9. The third kappa shape index (κ3) is 6.43. The number of rotatable bonds is 12. The van der Waals surface area contributed by atoms with Gasteiger partial charge in [-0.3, -0.25) is 13.6 Å². The molecular formula is C26H40F2N4O3S. The minimum absolute atomic E-state index is 0.106. The van der Waals surface area contributed by atoms with Crippen LogP contribution in [0.4, 0.5) is 8.78 Å². The fourth-order valence-corrected chi connectivity index (χ4v) is 6.49. The van der Waals surface area contributed by atoms with Crippen LogP contribution in [-0.4, -0.2) is 61.2 Å². The lowest BCUT2D eigenvalue weighted by Crippen LogP contribution is -2.34. The highest BCUT2D eigenvalue weighted by Crippen LogP contribution is 2.32. The van der Waals surface area contributed by atoms with E-state index < -0.39 is 23.4 Å². The van der Waals surface area contributed by atoms with Crippen molar-refractivity contribution in [2.45, 2.75) is 76.7 Å². The highest BCUT2D eigenvalue weighted by molar-refractivity contribution is 7.89. The van der Waals surface area contributed by atoms with Gasteiger partial charge in [-0.25, -0.2) is 13.4 Å². The Morgan fingerprint density at radius 2 is 1.86 bits per heavy atom. The summed E-state index contributed by atoms with van der Waals surface area (Å²) in [5.74, 6) is 0.458. The van der Waals surface area contributed by atoms with E-state index in [4.69, 9.17) is 4.98 Å². The van der Waals surface area contributed by atoms with Gasteiger partial charge in [0.1, 0.15) is 5.82 Å². The zero-order chi connectivity index (χ0) is 26.5. The van der Waals surface area contributed by atoms with Gasteiger partial charge in [-0.05, 0) is 63.1 Å². The number of carbonyl (C=O) groups excluding carboxylic acids is 1. The molecule has 2 heterocycles. The molecule has 1 aromatic heterocycles. The molecule has 0 radical (unpaired) electrons. The van der Waals surface area contributed by atoms with Gasteiger partial charge in [0.15, 0.2) is 0 Å². The summed E-state index contributed by atoms with van der Waals surface area (Å²) in [6.45, 7) is 8.74. The van der Waals surface area contributed by atoms with E-state index in [-0.39, 0.29) is 34.6 Å². The minimum Gasteiger partial charge on any atom is -0.356 e. The molecule has 1 atom stereocenters. The molecule has 0 saturated carbocycles. The predicted octanol–water partition coefficient (Wildman–Crippen LogP) is 4.60. The second-order valence-corrected chi connectivity index (χ2v) is 12.7. The summed E-state index contributed by atoms with van der Waals surface area (Å²) in [7, 11) is -3.78. The number of imidazole rings is 1. The third-order valence-corrected chi connectivity index (χ3v) is 8.69. The Morgan fingerprint density at radius 3 is 2.44 bits per heavy atom. The number of amides is 1. The number of sulfonamides is 1. The molecule has 3 rings (SSSR count). The van der Waals surface area contributed by atoms with Gasteiger partial charge in [0, 0.05) is 31.6 Å². The molecule has 1 saturated heterocycles. The van der Waals surface area contributed by atoms with Gasteiger partial charge in [0.05, 0.1) is 35.2 Å². The molecule has 36 heavy (non-hydrogen) atoms. The van der Waals surface area contributed by atoms with Crippen LogP contribution in [0, 0.1) is 11.8 Å². The Morgan fingerprint density at radius 1 is 1.19 bits per heavy atom. The molecular weight excluding hydrogens is 486 g/mol. The van der Waals surface area contributed by atoms with Crippen LogP contribution in [0.15, 0.2) is 23.1 Å². The molecule has 1 aliphatic heterocycles. The summed E-state index contributed by atoms with van der Waals surface area (Å²) in [5, 5.41) is 2.77. The molecule has 0 aliphatic carbocycles. The molecule has 1 N–H and O–H groups in total. The van der Waals surface area contributed by atoms with Gasteiger partial charge < -0.3 is 9.88 Å². The van der Waals surface area contributed by atoms with Crippen molar-refractivity contribution in [1.82, 2.24) is 19.2 Å². The molecule has 7 nitrogen and oxygen atoms in total. The maximum atomic E-state index is 13.4. The number of carbonyl (C=O) groups is 1. The second kappa shape index (κ2) is 12.0. The van der Waals surface area contributed by atoms with Crippen molar-refractivity contribution in [1.29, 1.82) is 0 Å². The summed E-state index contributed by atoms with van der Waals surface area (Å²) >= 11 is 0. The highest BCUT2D eigenvalue weighted by atomic mass is 32.2. The molecule has 0 unspecified atom stereocenters. The van der Waals surface area contributed by atoms with Crippen molar-refractivity contribution < 1.29 is 22.0 Å². The number of hydrogen-bond donors (Lipinski definition) is 1. The quantitative estimate of drug-likeness (QED) is 0.438. The van der Waals surface area contributed by atoms with E-state index >= 15 is 0 Å². The summed E-state index contributed by atoms with van der Waals surface area (Å²) in [4.78, 5) is 17.2. The topological polar surface area (TPSA) is 84.3 Å². The smallest absolute Gasteiger partial charge is 0.243 e. The van der Waals surface area contributed by atoms with E-state index in [0.29, 0.717) is 57.3 Å². The fourth-order valence-electron chi connectivity index (χ4n) is 4.97. The van der Waals surface area contributed by atoms with E-state index in [1.807, 2.05) is 27.7 Å². The molecule has 1 aliphatic rings. The third-order valence-electron chi connectivity index (χ3n) is 6.83. The van der Waals surface area contributed by atoms with Gasteiger partial charge in [-0.2, -0.15) is 4.31 Å². The summed E-state index contributed by atoms with van der Waals surface area (Å²) in [5.41, 5.74) is 1.08. The van der Waals surface area contributed by atoms with Crippen molar-refractivity contribution >= 4 is 27.0 Å². The van der Waals surface area contributed by atoms with E-state index in [1.165, 1.54) is 4.31 Å². The number of alkyl halides is 2. The predicted molar refractivity (Wildman–Crippen MR) is 138 cm³/mol. The van der Waals surface area contributed by atoms with Crippen LogP contribution in [0.1, 0.15) is 65.6 Å². The Balaban J connectivity index is 1.94. The lowest BCUT2D eigenvalue weighted by molar-refractivity contribution is -0.124. The summed E-state index contributed by atoms with van der Waals surface area (Å²) in [6.07, 6.45) is 2.69. The van der Waals surface area contributed by atoms with Gasteiger partial charge >= 0.3 is 0 Å². The number of fused-ring (bicyclic) bond motifs is 1. The average Bonchev–Trinajstić information content (AvgIpc) is 3.46. The minimum atomic E-state index is -3.78. The summed E-state index contributed by atoms with van der Waals surface area (Å²) < 4.78 is 56.0. The van der Waals surface area contributed by atoms with Gasteiger partial charge in [0.25, 0.3) is 0 Å². The van der Waals surface area contributed by atoms with Crippen molar-refractivity contribution in [3.05, 3.63) is 24.0 Å². The number of nitrogens with zero attached hydrogens (tertiary/aromatic N) is 3. The van der Waals surface area contributed by atoms with Crippen molar-refractivity contribution in [2.24, 2.45) is 11.8 Å². The van der Waals surface area contributed by atoms with E-state index in [1.54, 1.807) is 18.2 Å². The first-order valence-corrected chi connectivity index (χ1v) is 14.4. The van der Waals surface area contributed by atoms with E-state index in [2.05, 4.69) is 9.88 Å². The average molecular weight is 527 g/mol. The lowest BCUT2D eigenvalue weighted by atomic mass is 9.94. The molecule has 0 bridgehead atoms. The van der Waals surface area contributed by atoms with E-state index in [0.717, 1.165) is 11.3 Å². The normalized spacial score (nSPS) is 17.4. The van der Waals surface area contributed by atoms with Crippen LogP contribution < -0.4 is 5.32 Å². The van der Waals surface area contributed by atoms with Crippen molar-refractivity contribution in [3.63, 3.8) is 0 Å². The van der Waals surface area contributed by atoms with Crippen LogP contribution in [-0.2, 0) is 26.8 Å². The van der Waals surface area contributed by atoms with Crippen LogP contribution >= 0.6 is 0 Å². The van der Waals surface area contributed by atoms with Gasteiger partial charge in [0.2, 0.25) is 15.9 Å². The molecule has 1 aromatic carbocycles. The number of benzene rings is 1. The monoisotopic (exact) mass is 526 g/mol. The molecule has 10 heteroatoms. The maximum Gasteiger partial charge on any atom is 0.243 e. The lowest BCUT2D eigenvalue weighted by Gasteiger charge is -2.24. The highest BCUT2D eigenvalue weighted by Gasteiger charge is 2.36. The molecule has 2 aromatic rings. The zero-order valence-corrected chi connectivity index (χ0v) is 22.7. The van der Waals surface area contributed by atoms with Crippen LogP contribution in [0.25, 0.3) is 11.0 Å². The molecule has 202 valence electrons. The first-order chi connectivity index (χ1) is 17.0. The maximum absolute atomic E-state index is 13.4. The number of nitrogens with one attached hydrogen (secondary N) is 1. The standard InChI is InChI=1S/C26H40F2N4O3S/c1-5-29-24(33)20-12-15-31(18-20)36(34,35)21-10-11-23-22(16-21)30-25(26(2,3)4)32(23)17-19(8-6-13-27)9-7-14-28/h10-11,16,19-20H,5-9,12-15,17-18H2,1-4H3,(H,29,33)/t20-/m0/s1. The Labute approximate surface area is 213 Å². The molecule has 1 amide bonds. The Kier molecular flexibility index (Phi) is 9.49. The van der Waals surface area contributed by atoms with Crippen LogP contribution in [0.5, 0.6) is 0 Å². The van der Waals surface area contributed by atoms with Gasteiger partial charge in [-0.1, -0.05) is 20.8 Å². The Hall–Kier alpha value is -2.07. The number of halogens is 2. The molecule has 1 fully saturated rings. The number of hydrogen-bond acceptors (Lipinski definition) is 4. The Bertz CT molecular complexity index is 1140. The van der Waals surface area contributed by atoms with Crippen molar-refractivity contribution in [2.75, 3.05) is 33.0 Å². The largest absolute Gasteiger partial charge is 0.356 e.